The predicted octanol–water partition coefficient (Wildman–Crippen LogP) is 2.91. The average molecular weight is 288 g/mol. The number of ether oxygens (including phenoxy) is 1. The molecule has 0 bridgehead atoms. The SMILES string of the molecule is Cn1nc(COc2ccsc2C(=O)O)c2ccccc21. The van der Waals surface area contributed by atoms with Crippen molar-refractivity contribution in [1.82, 2.24) is 9.78 Å². The molecule has 0 aliphatic heterocycles. The molecule has 2 aromatic heterocycles. The van der Waals surface area contributed by atoms with Crippen LogP contribution in [0.1, 0.15) is 15.4 Å². The Hall–Kier alpha value is -2.34. The van der Waals surface area contributed by atoms with Crippen molar-refractivity contribution in [3.05, 3.63) is 46.3 Å². The highest BCUT2D eigenvalue weighted by atomic mass is 32.1. The van der Waals surface area contributed by atoms with Gasteiger partial charge in [-0.2, -0.15) is 5.10 Å². The first kappa shape index (κ1) is 12.7. The molecule has 1 N–H and O–H groups in total. The van der Waals surface area contributed by atoms with Crippen molar-refractivity contribution in [2.75, 3.05) is 0 Å². The van der Waals surface area contributed by atoms with Gasteiger partial charge in [-0.15, -0.1) is 11.3 Å². The molecule has 102 valence electrons. The first-order chi connectivity index (χ1) is 9.66. The Morgan fingerprint density at radius 3 is 3.00 bits per heavy atom. The third kappa shape index (κ3) is 2.14. The van der Waals surface area contributed by atoms with Crippen molar-refractivity contribution in [2.45, 2.75) is 6.61 Å². The highest BCUT2D eigenvalue weighted by Gasteiger charge is 2.14. The lowest BCUT2D eigenvalue weighted by molar-refractivity contribution is 0.0697. The number of fused-ring (bicyclic) bond motifs is 1. The fourth-order valence-corrected chi connectivity index (χ4v) is 2.78. The molecule has 0 saturated heterocycles. The van der Waals surface area contributed by atoms with Crippen LogP contribution in [0.2, 0.25) is 0 Å². The molecule has 1 aromatic carbocycles. The van der Waals surface area contributed by atoms with Crippen molar-refractivity contribution >= 4 is 28.2 Å². The molecule has 2 heterocycles. The normalized spacial score (nSPS) is 10.8. The van der Waals surface area contributed by atoms with Gasteiger partial charge in [0.2, 0.25) is 0 Å². The number of benzene rings is 1. The largest absolute Gasteiger partial charge is 0.485 e. The molecule has 0 saturated carbocycles. The minimum atomic E-state index is -0.971. The number of carbonyl (C=O) groups is 1. The third-order valence-corrected chi connectivity index (χ3v) is 3.91. The average Bonchev–Trinajstić information content (AvgIpc) is 3.02. The van der Waals surface area contributed by atoms with Crippen LogP contribution in [0.5, 0.6) is 5.75 Å². The second kappa shape index (κ2) is 4.97. The number of nitrogens with zero attached hydrogens (tertiary/aromatic N) is 2. The van der Waals surface area contributed by atoms with Gasteiger partial charge in [0, 0.05) is 12.4 Å². The topological polar surface area (TPSA) is 64.4 Å². The van der Waals surface area contributed by atoms with E-state index in [0.717, 1.165) is 27.9 Å². The van der Waals surface area contributed by atoms with Gasteiger partial charge < -0.3 is 9.84 Å². The van der Waals surface area contributed by atoms with Crippen LogP contribution in [0.25, 0.3) is 10.9 Å². The first-order valence-electron chi connectivity index (χ1n) is 6.01. The number of carboxylic acids is 1. The van der Waals surface area contributed by atoms with Gasteiger partial charge >= 0.3 is 5.97 Å². The molecule has 0 unspecified atom stereocenters. The summed E-state index contributed by atoms with van der Waals surface area (Å²) < 4.78 is 7.39. The van der Waals surface area contributed by atoms with Gasteiger partial charge in [0.25, 0.3) is 0 Å². The van der Waals surface area contributed by atoms with Gasteiger partial charge in [0.1, 0.15) is 18.1 Å². The highest BCUT2D eigenvalue weighted by Crippen LogP contribution is 2.26. The first-order valence-corrected chi connectivity index (χ1v) is 6.89. The molecule has 0 fully saturated rings. The maximum absolute atomic E-state index is 11.0. The van der Waals surface area contributed by atoms with Crippen LogP contribution < -0.4 is 4.74 Å². The summed E-state index contributed by atoms with van der Waals surface area (Å²) in [5.74, 6) is -0.585. The molecule has 3 aromatic rings. The molecule has 5 nitrogen and oxygen atoms in total. The maximum Gasteiger partial charge on any atom is 0.349 e. The summed E-state index contributed by atoms with van der Waals surface area (Å²) in [5, 5.41) is 16.2. The summed E-state index contributed by atoms with van der Waals surface area (Å²) >= 11 is 1.15. The van der Waals surface area contributed by atoms with E-state index in [0.29, 0.717) is 5.75 Å². The Morgan fingerprint density at radius 1 is 1.40 bits per heavy atom. The van der Waals surface area contributed by atoms with Gasteiger partial charge in [-0.25, -0.2) is 4.79 Å². The molecular formula is C14H12N2O3S. The van der Waals surface area contributed by atoms with Crippen LogP contribution >= 0.6 is 11.3 Å². The van der Waals surface area contributed by atoms with Crippen molar-refractivity contribution < 1.29 is 14.6 Å². The lowest BCUT2D eigenvalue weighted by Gasteiger charge is -2.03. The summed E-state index contributed by atoms with van der Waals surface area (Å²) in [6.45, 7) is 0.248. The predicted molar refractivity (Wildman–Crippen MR) is 76.3 cm³/mol. The van der Waals surface area contributed by atoms with E-state index in [2.05, 4.69) is 5.10 Å². The minimum Gasteiger partial charge on any atom is -0.485 e. The van der Waals surface area contributed by atoms with E-state index in [4.69, 9.17) is 9.84 Å². The summed E-state index contributed by atoms with van der Waals surface area (Å²) in [5.41, 5.74) is 1.82. The van der Waals surface area contributed by atoms with E-state index < -0.39 is 5.97 Å². The molecule has 0 aliphatic rings. The summed E-state index contributed by atoms with van der Waals surface area (Å²) in [6.07, 6.45) is 0. The molecule has 0 amide bonds. The number of carboxylic acid groups (broad SMARTS) is 1. The molecule has 6 heteroatoms. The zero-order valence-electron chi connectivity index (χ0n) is 10.7. The number of aromatic nitrogens is 2. The standard InChI is InChI=1S/C14H12N2O3S/c1-16-11-5-3-2-4-9(11)10(15-16)8-19-12-6-7-20-13(12)14(17)18/h2-7H,8H2,1H3,(H,17,18). The van der Waals surface area contributed by atoms with Gasteiger partial charge in [-0.3, -0.25) is 4.68 Å². The van der Waals surface area contributed by atoms with E-state index in [-0.39, 0.29) is 11.5 Å². The summed E-state index contributed by atoms with van der Waals surface area (Å²) in [4.78, 5) is 11.2. The third-order valence-electron chi connectivity index (χ3n) is 3.02. The molecule has 0 atom stereocenters. The van der Waals surface area contributed by atoms with Crippen LogP contribution in [0.3, 0.4) is 0 Å². The number of aryl methyl sites for hydroxylation is 1. The number of rotatable bonds is 4. The molecular weight excluding hydrogens is 276 g/mol. The monoisotopic (exact) mass is 288 g/mol. The van der Waals surface area contributed by atoms with E-state index >= 15 is 0 Å². The van der Waals surface area contributed by atoms with E-state index in [1.165, 1.54) is 0 Å². The molecule has 20 heavy (non-hydrogen) atoms. The Bertz CT molecular complexity index is 776. The minimum absolute atomic E-state index is 0.213. The number of thiophene rings is 1. The number of para-hydroxylation sites is 1. The Morgan fingerprint density at radius 2 is 2.20 bits per heavy atom. The van der Waals surface area contributed by atoms with Crippen LogP contribution in [-0.4, -0.2) is 20.9 Å². The van der Waals surface area contributed by atoms with E-state index in [1.807, 2.05) is 31.3 Å². The zero-order valence-corrected chi connectivity index (χ0v) is 11.6. The Labute approximate surface area is 119 Å². The Balaban J connectivity index is 1.87. The summed E-state index contributed by atoms with van der Waals surface area (Å²) in [6, 6.07) is 9.53. The smallest absolute Gasteiger partial charge is 0.349 e. The van der Waals surface area contributed by atoms with Gasteiger partial charge in [0.15, 0.2) is 4.88 Å². The fraction of sp³-hybridized carbons (Fsp3) is 0.143. The number of hydrogen-bond acceptors (Lipinski definition) is 4. The number of hydrogen-bond donors (Lipinski definition) is 1. The van der Waals surface area contributed by atoms with Crippen LogP contribution in [0, 0.1) is 0 Å². The van der Waals surface area contributed by atoms with Crippen LogP contribution in [0.15, 0.2) is 35.7 Å². The van der Waals surface area contributed by atoms with Crippen molar-refractivity contribution in [3.8, 4) is 5.75 Å². The molecule has 0 aliphatic carbocycles. The van der Waals surface area contributed by atoms with E-state index in [1.54, 1.807) is 16.1 Å². The van der Waals surface area contributed by atoms with Crippen molar-refractivity contribution in [3.63, 3.8) is 0 Å². The van der Waals surface area contributed by atoms with Crippen molar-refractivity contribution in [2.24, 2.45) is 7.05 Å². The quantitative estimate of drug-likeness (QED) is 0.801. The Kier molecular flexibility index (Phi) is 3.15. The van der Waals surface area contributed by atoms with E-state index in [9.17, 15) is 4.79 Å². The molecule has 3 rings (SSSR count). The number of aromatic carboxylic acids is 1. The second-order valence-corrected chi connectivity index (χ2v) is 5.21. The zero-order chi connectivity index (χ0) is 14.1. The second-order valence-electron chi connectivity index (χ2n) is 4.30. The summed E-state index contributed by atoms with van der Waals surface area (Å²) in [7, 11) is 1.87. The van der Waals surface area contributed by atoms with Gasteiger partial charge in [-0.1, -0.05) is 18.2 Å². The fourth-order valence-electron chi connectivity index (χ4n) is 2.11. The van der Waals surface area contributed by atoms with Gasteiger partial charge in [0.05, 0.1) is 5.52 Å². The lowest BCUT2D eigenvalue weighted by Crippen LogP contribution is -2.01. The van der Waals surface area contributed by atoms with Crippen LogP contribution in [0.4, 0.5) is 0 Å². The molecule has 0 radical (unpaired) electrons. The van der Waals surface area contributed by atoms with Crippen LogP contribution in [-0.2, 0) is 13.7 Å². The maximum atomic E-state index is 11.0. The lowest BCUT2D eigenvalue weighted by atomic mass is 10.2. The molecule has 0 spiro atoms. The van der Waals surface area contributed by atoms with Crippen molar-refractivity contribution in [1.29, 1.82) is 0 Å². The highest BCUT2D eigenvalue weighted by molar-refractivity contribution is 7.12. The van der Waals surface area contributed by atoms with Gasteiger partial charge in [-0.05, 0) is 17.5 Å².